The quantitative estimate of drug-likeness (QED) is 0.718. The maximum absolute atomic E-state index is 6.51. The van der Waals surface area contributed by atoms with Gasteiger partial charge in [0, 0.05) is 16.5 Å². The second kappa shape index (κ2) is 4.28. The molecule has 1 heterocycles. The lowest BCUT2D eigenvalue weighted by atomic mass is 9.70. The van der Waals surface area contributed by atoms with Gasteiger partial charge in [0.25, 0.3) is 0 Å². The van der Waals surface area contributed by atoms with Crippen molar-refractivity contribution in [1.29, 1.82) is 0 Å². The summed E-state index contributed by atoms with van der Waals surface area (Å²) in [6.07, 6.45) is 8.40. The van der Waals surface area contributed by atoms with Gasteiger partial charge in [0.1, 0.15) is 0 Å². The van der Waals surface area contributed by atoms with Gasteiger partial charge in [0.05, 0.1) is 0 Å². The molecule has 0 saturated carbocycles. The van der Waals surface area contributed by atoms with Crippen molar-refractivity contribution in [2.24, 2.45) is 17.6 Å². The van der Waals surface area contributed by atoms with E-state index < -0.39 is 0 Å². The number of hydrogen-bond acceptors (Lipinski definition) is 2. The van der Waals surface area contributed by atoms with Crippen molar-refractivity contribution < 1.29 is 0 Å². The minimum Gasteiger partial charge on any atom is -0.324 e. The van der Waals surface area contributed by atoms with E-state index in [9.17, 15) is 0 Å². The lowest BCUT2D eigenvalue weighted by molar-refractivity contribution is 0.208. The second-order valence-electron chi connectivity index (χ2n) is 4.78. The Balaban J connectivity index is 2.13. The molecular formula is C12H19ClN2. The molecule has 0 radical (unpaired) electrons. The number of halogens is 1. The fourth-order valence-electron chi connectivity index (χ4n) is 2.72. The Morgan fingerprint density at radius 3 is 2.73 bits per heavy atom. The smallest absolute Gasteiger partial charge is 0.0365 e. The monoisotopic (exact) mass is 226 g/mol. The maximum atomic E-state index is 6.51. The third-order valence-electron chi connectivity index (χ3n) is 3.65. The number of rotatable bonds is 1. The first-order valence-corrected chi connectivity index (χ1v) is 6.05. The van der Waals surface area contributed by atoms with Crippen LogP contribution in [0.15, 0.2) is 23.3 Å². The van der Waals surface area contributed by atoms with Gasteiger partial charge in [-0.1, -0.05) is 30.7 Å². The first kappa shape index (κ1) is 11.2. The van der Waals surface area contributed by atoms with E-state index in [1.807, 2.05) is 6.08 Å². The molecule has 3 heteroatoms. The van der Waals surface area contributed by atoms with Crippen LogP contribution in [0.5, 0.6) is 0 Å². The fraction of sp³-hybridized carbons (Fsp3) is 0.667. The van der Waals surface area contributed by atoms with Gasteiger partial charge >= 0.3 is 0 Å². The minimum absolute atomic E-state index is 0.0464. The Morgan fingerprint density at radius 1 is 1.47 bits per heavy atom. The standard InChI is InChI=1S/C12H19ClN2/c1-9-8-10(13)2-3-11(9)12(14)4-6-15-7-5-12/h2-3,8-9,11,15H,4-7,14H2,1H3. The SMILES string of the molecule is CC1C=C(Cl)C=CC1C1(N)CCNCC1. The Kier molecular flexibility index (Phi) is 3.19. The summed E-state index contributed by atoms with van der Waals surface area (Å²) in [5.74, 6) is 0.882. The van der Waals surface area contributed by atoms with E-state index in [2.05, 4.69) is 24.4 Å². The Morgan fingerprint density at radius 2 is 2.13 bits per heavy atom. The topological polar surface area (TPSA) is 38.0 Å². The van der Waals surface area contributed by atoms with Crippen LogP contribution in [0.25, 0.3) is 0 Å². The van der Waals surface area contributed by atoms with Crippen molar-refractivity contribution in [2.45, 2.75) is 25.3 Å². The molecule has 0 amide bonds. The Labute approximate surface area is 96.6 Å². The molecule has 0 aromatic heterocycles. The number of allylic oxidation sites excluding steroid dienone is 3. The molecule has 2 aliphatic rings. The highest BCUT2D eigenvalue weighted by Crippen LogP contribution is 2.35. The van der Waals surface area contributed by atoms with Gasteiger partial charge in [0.2, 0.25) is 0 Å². The summed E-state index contributed by atoms with van der Waals surface area (Å²) in [7, 11) is 0. The van der Waals surface area contributed by atoms with Gasteiger partial charge < -0.3 is 11.1 Å². The van der Waals surface area contributed by atoms with Crippen molar-refractivity contribution in [2.75, 3.05) is 13.1 Å². The zero-order chi connectivity index (χ0) is 10.9. The molecule has 2 atom stereocenters. The number of nitrogens with two attached hydrogens (primary N) is 1. The molecule has 15 heavy (non-hydrogen) atoms. The van der Waals surface area contributed by atoms with Crippen LogP contribution in [-0.2, 0) is 0 Å². The van der Waals surface area contributed by atoms with Crippen LogP contribution in [0.3, 0.4) is 0 Å². The van der Waals surface area contributed by atoms with Crippen LogP contribution < -0.4 is 11.1 Å². The van der Waals surface area contributed by atoms with Crippen molar-refractivity contribution in [3.05, 3.63) is 23.3 Å². The van der Waals surface area contributed by atoms with E-state index in [0.717, 1.165) is 31.0 Å². The van der Waals surface area contributed by atoms with Crippen LogP contribution in [0.4, 0.5) is 0 Å². The summed E-state index contributed by atoms with van der Waals surface area (Å²) in [4.78, 5) is 0. The predicted octanol–water partition coefficient (Wildman–Crippen LogP) is 2.01. The molecule has 1 fully saturated rings. The third-order valence-corrected chi connectivity index (χ3v) is 3.90. The zero-order valence-corrected chi connectivity index (χ0v) is 9.93. The van der Waals surface area contributed by atoms with E-state index in [1.54, 1.807) is 0 Å². The van der Waals surface area contributed by atoms with Crippen molar-refractivity contribution in [3.63, 3.8) is 0 Å². The van der Waals surface area contributed by atoms with E-state index >= 15 is 0 Å². The highest BCUT2D eigenvalue weighted by atomic mass is 35.5. The molecule has 0 aromatic carbocycles. The first-order valence-electron chi connectivity index (χ1n) is 5.67. The van der Waals surface area contributed by atoms with E-state index in [1.165, 1.54) is 0 Å². The van der Waals surface area contributed by atoms with E-state index in [0.29, 0.717) is 11.8 Å². The minimum atomic E-state index is -0.0464. The van der Waals surface area contributed by atoms with Crippen LogP contribution in [-0.4, -0.2) is 18.6 Å². The zero-order valence-electron chi connectivity index (χ0n) is 9.17. The van der Waals surface area contributed by atoms with Crippen LogP contribution in [0.1, 0.15) is 19.8 Å². The maximum Gasteiger partial charge on any atom is 0.0365 e. The van der Waals surface area contributed by atoms with Gasteiger partial charge in [-0.05, 0) is 37.9 Å². The van der Waals surface area contributed by atoms with Crippen molar-refractivity contribution in [1.82, 2.24) is 5.32 Å². The van der Waals surface area contributed by atoms with Crippen molar-refractivity contribution >= 4 is 11.6 Å². The van der Waals surface area contributed by atoms with E-state index in [-0.39, 0.29) is 5.54 Å². The third kappa shape index (κ3) is 2.27. The molecule has 1 aliphatic heterocycles. The van der Waals surface area contributed by atoms with Crippen LogP contribution in [0, 0.1) is 11.8 Å². The molecular weight excluding hydrogens is 208 g/mol. The average Bonchev–Trinajstić information content (AvgIpc) is 2.18. The van der Waals surface area contributed by atoms with Crippen LogP contribution in [0.2, 0.25) is 0 Å². The highest BCUT2D eigenvalue weighted by Gasteiger charge is 2.37. The summed E-state index contributed by atoms with van der Waals surface area (Å²) < 4.78 is 0. The predicted molar refractivity (Wildman–Crippen MR) is 64.8 cm³/mol. The normalized spacial score (nSPS) is 35.0. The average molecular weight is 227 g/mol. The molecule has 2 unspecified atom stereocenters. The van der Waals surface area contributed by atoms with Gasteiger partial charge in [0.15, 0.2) is 0 Å². The summed E-state index contributed by atoms with van der Waals surface area (Å²) in [6.45, 7) is 4.27. The van der Waals surface area contributed by atoms with Gasteiger partial charge in [-0.15, -0.1) is 0 Å². The number of nitrogens with one attached hydrogen (secondary N) is 1. The van der Waals surface area contributed by atoms with Crippen LogP contribution >= 0.6 is 11.6 Å². The lowest BCUT2D eigenvalue weighted by Gasteiger charge is -2.42. The molecule has 1 saturated heterocycles. The molecule has 0 bridgehead atoms. The van der Waals surface area contributed by atoms with Crippen molar-refractivity contribution in [3.8, 4) is 0 Å². The van der Waals surface area contributed by atoms with Gasteiger partial charge in [-0.3, -0.25) is 0 Å². The highest BCUT2D eigenvalue weighted by molar-refractivity contribution is 6.31. The largest absolute Gasteiger partial charge is 0.324 e. The second-order valence-corrected chi connectivity index (χ2v) is 5.22. The fourth-order valence-corrected chi connectivity index (χ4v) is 2.99. The molecule has 0 spiro atoms. The first-order chi connectivity index (χ1) is 7.12. The Bertz CT molecular complexity index is 290. The lowest BCUT2D eigenvalue weighted by Crippen LogP contribution is -2.55. The van der Waals surface area contributed by atoms with Gasteiger partial charge in [-0.2, -0.15) is 0 Å². The molecule has 3 N–H and O–H groups in total. The van der Waals surface area contributed by atoms with E-state index in [4.69, 9.17) is 17.3 Å². The Hall–Kier alpha value is -0.310. The summed E-state index contributed by atoms with van der Waals surface area (Å²) in [5.41, 5.74) is 6.46. The van der Waals surface area contributed by atoms with Gasteiger partial charge in [-0.25, -0.2) is 0 Å². The summed E-state index contributed by atoms with van der Waals surface area (Å²) >= 11 is 5.98. The number of piperidine rings is 1. The number of hydrogen-bond donors (Lipinski definition) is 2. The molecule has 1 aliphatic carbocycles. The molecule has 2 rings (SSSR count). The molecule has 2 nitrogen and oxygen atoms in total. The summed E-state index contributed by atoms with van der Waals surface area (Å²) in [5, 5.41) is 4.20. The molecule has 84 valence electrons. The molecule has 0 aromatic rings. The summed E-state index contributed by atoms with van der Waals surface area (Å²) in [6, 6.07) is 0.